The molecule has 0 saturated carbocycles. The van der Waals surface area contributed by atoms with Gasteiger partial charge >= 0.3 is 0 Å². The topological polar surface area (TPSA) is 112 Å². The van der Waals surface area contributed by atoms with E-state index in [1.807, 2.05) is 20.8 Å². The maximum Gasteiger partial charge on any atom is 0.209 e. The number of ketones is 1. The number of aromatic nitrogens is 1. The van der Waals surface area contributed by atoms with Crippen LogP contribution in [0, 0.1) is 22.7 Å². The molecule has 0 aliphatic rings. The highest BCUT2D eigenvalue weighted by molar-refractivity contribution is 7.92. The molecule has 0 spiro atoms. The number of benzene rings is 1. The molecule has 8 heteroatoms. The van der Waals surface area contributed by atoms with E-state index in [9.17, 15) is 13.2 Å². The lowest BCUT2D eigenvalue weighted by molar-refractivity contribution is 0.105. The van der Waals surface area contributed by atoms with Gasteiger partial charge in [0.1, 0.15) is 0 Å². The Balaban J connectivity index is 2.15. The molecule has 1 aromatic heterocycles. The van der Waals surface area contributed by atoms with Crippen LogP contribution in [0.1, 0.15) is 50.4 Å². The third-order valence-corrected chi connectivity index (χ3v) is 7.62. The second-order valence-corrected chi connectivity index (χ2v) is 10.3. The van der Waals surface area contributed by atoms with E-state index in [1.54, 1.807) is 29.6 Å². The van der Waals surface area contributed by atoms with Crippen LogP contribution in [0.3, 0.4) is 0 Å². The minimum Gasteiger partial charge on any atom is -0.309 e. The van der Waals surface area contributed by atoms with Crippen molar-refractivity contribution in [3.8, 4) is 11.3 Å². The predicted molar refractivity (Wildman–Crippen MR) is 118 cm³/mol. The number of hydrogen-bond donors (Lipinski definition) is 2. The highest BCUT2D eigenvalue weighted by Crippen LogP contribution is 2.25. The van der Waals surface area contributed by atoms with Crippen molar-refractivity contribution in [2.75, 3.05) is 6.26 Å². The lowest BCUT2D eigenvalue weighted by Gasteiger charge is -2.19. The quantitative estimate of drug-likeness (QED) is 0.410. The Hall–Kier alpha value is -2.19. The number of hydrogen-bond acceptors (Lipinski definition) is 7. The van der Waals surface area contributed by atoms with E-state index in [0.29, 0.717) is 35.4 Å². The average molecular weight is 434 g/mol. The Kier molecular flexibility index (Phi) is 7.60. The van der Waals surface area contributed by atoms with Gasteiger partial charge in [-0.1, -0.05) is 45.0 Å². The van der Waals surface area contributed by atoms with Gasteiger partial charge in [0.05, 0.1) is 11.4 Å². The summed E-state index contributed by atoms with van der Waals surface area (Å²) in [6.07, 6.45) is 3.06. The van der Waals surface area contributed by atoms with Gasteiger partial charge < -0.3 is 10.8 Å². The maximum absolute atomic E-state index is 12.8. The fraction of sp³-hybridized carbons (Fsp3) is 0.429. The molecule has 0 aliphatic heterocycles. The number of Topliss-reactive ketones (excluding diaryl/α,β-unsaturated/α-hetero) is 1. The van der Waals surface area contributed by atoms with Gasteiger partial charge in [-0.15, -0.1) is 11.3 Å². The third-order valence-electron chi connectivity index (χ3n) is 5.06. The second kappa shape index (κ2) is 9.54. The highest BCUT2D eigenvalue weighted by atomic mass is 32.2. The monoisotopic (exact) mass is 433 g/mol. The van der Waals surface area contributed by atoms with Crippen LogP contribution in [0.25, 0.3) is 11.3 Å². The largest absolute Gasteiger partial charge is 0.309 e. The van der Waals surface area contributed by atoms with Gasteiger partial charge in [-0.05, 0) is 25.2 Å². The summed E-state index contributed by atoms with van der Waals surface area (Å²) in [7, 11) is -3.35. The van der Waals surface area contributed by atoms with Crippen LogP contribution < -0.4 is 0 Å². The summed E-state index contributed by atoms with van der Waals surface area (Å²) in [6, 6.07) is 6.70. The predicted octanol–water partition coefficient (Wildman–Crippen LogP) is 4.90. The minimum atomic E-state index is -3.35. The van der Waals surface area contributed by atoms with Crippen molar-refractivity contribution in [3.63, 3.8) is 0 Å². The first kappa shape index (κ1) is 23.1. The van der Waals surface area contributed by atoms with Crippen molar-refractivity contribution in [3.05, 3.63) is 35.2 Å². The van der Waals surface area contributed by atoms with Gasteiger partial charge in [0, 0.05) is 34.4 Å². The molecular weight excluding hydrogens is 406 g/mol. The second-order valence-electron chi connectivity index (χ2n) is 7.23. The number of nitrogens with zero attached hydrogens (tertiary/aromatic N) is 1. The number of rotatable bonds is 10. The first-order valence-electron chi connectivity index (χ1n) is 9.54. The molecule has 1 heterocycles. The highest BCUT2D eigenvalue weighted by Gasteiger charge is 2.24. The molecule has 0 bridgehead atoms. The standard InChI is InChI=1S/C21H27N3O3S2/c1-5-13(3)17(22)11-14(6-2)19(23)20(25)16-9-7-15(8-10-16)18-12-28-21(24-18)29(4,26)27/h7-10,12-14,22-23H,5-6,11H2,1-4H3/t13-,14+/m1/s1. The van der Waals surface area contributed by atoms with E-state index in [4.69, 9.17) is 10.8 Å². The van der Waals surface area contributed by atoms with E-state index >= 15 is 0 Å². The summed E-state index contributed by atoms with van der Waals surface area (Å²) in [5.74, 6) is -0.448. The van der Waals surface area contributed by atoms with Crippen molar-refractivity contribution >= 4 is 38.4 Å². The Bertz CT molecular complexity index is 1010. The van der Waals surface area contributed by atoms with E-state index in [-0.39, 0.29) is 27.7 Å². The summed E-state index contributed by atoms with van der Waals surface area (Å²) in [4.78, 5) is 16.9. The molecular formula is C21H27N3O3S2. The molecule has 0 unspecified atom stereocenters. The molecule has 0 radical (unpaired) electrons. The lowest BCUT2D eigenvalue weighted by Crippen LogP contribution is -2.26. The van der Waals surface area contributed by atoms with Gasteiger partial charge in [0.25, 0.3) is 0 Å². The molecule has 156 valence electrons. The molecule has 2 atom stereocenters. The Labute approximate surface area is 176 Å². The van der Waals surface area contributed by atoms with Crippen molar-refractivity contribution in [1.29, 1.82) is 10.8 Å². The zero-order chi connectivity index (χ0) is 21.8. The molecule has 0 aliphatic carbocycles. The molecule has 0 fully saturated rings. The molecule has 6 nitrogen and oxygen atoms in total. The van der Waals surface area contributed by atoms with Gasteiger partial charge in [-0.3, -0.25) is 4.79 Å². The van der Waals surface area contributed by atoms with Crippen LogP contribution in [0.5, 0.6) is 0 Å². The van der Waals surface area contributed by atoms with E-state index in [1.165, 1.54) is 0 Å². The summed E-state index contributed by atoms with van der Waals surface area (Å²) >= 11 is 1.06. The van der Waals surface area contributed by atoms with Gasteiger partial charge in [-0.2, -0.15) is 0 Å². The molecule has 0 amide bonds. The number of carbonyl (C=O) groups is 1. The molecule has 2 N–H and O–H groups in total. The summed E-state index contributed by atoms with van der Waals surface area (Å²) < 4.78 is 23.2. The lowest BCUT2D eigenvalue weighted by atomic mass is 9.86. The zero-order valence-electron chi connectivity index (χ0n) is 17.2. The number of nitrogens with one attached hydrogen (secondary N) is 2. The number of thiazole rings is 1. The fourth-order valence-corrected chi connectivity index (χ4v) is 4.52. The molecule has 0 saturated heterocycles. The Morgan fingerprint density at radius 3 is 2.24 bits per heavy atom. The summed E-state index contributed by atoms with van der Waals surface area (Å²) in [6.45, 7) is 5.95. The van der Waals surface area contributed by atoms with E-state index in [2.05, 4.69) is 4.98 Å². The van der Waals surface area contributed by atoms with Crippen LogP contribution in [0.2, 0.25) is 0 Å². The number of sulfone groups is 1. The number of carbonyl (C=O) groups excluding carboxylic acids is 1. The maximum atomic E-state index is 12.8. The van der Waals surface area contributed by atoms with Crippen molar-refractivity contribution in [2.24, 2.45) is 11.8 Å². The normalized spacial score (nSPS) is 13.7. The molecule has 1 aromatic carbocycles. The Morgan fingerprint density at radius 1 is 1.14 bits per heavy atom. The van der Waals surface area contributed by atoms with Gasteiger partial charge in [0.2, 0.25) is 20.0 Å². The average Bonchev–Trinajstić information content (AvgIpc) is 3.21. The van der Waals surface area contributed by atoms with Gasteiger partial charge in [0.15, 0.2) is 0 Å². The Morgan fingerprint density at radius 2 is 1.76 bits per heavy atom. The third kappa shape index (κ3) is 5.67. The summed E-state index contributed by atoms with van der Waals surface area (Å²) in [5, 5.41) is 18.2. The SMILES string of the molecule is CC[C@@H](CC(=N)[C@H](C)CC)C(=N)C(=O)c1ccc(-c2csc(S(C)(=O)=O)n2)cc1. The summed E-state index contributed by atoms with van der Waals surface area (Å²) in [5.41, 5.74) is 2.27. The van der Waals surface area contributed by atoms with E-state index < -0.39 is 9.84 Å². The van der Waals surface area contributed by atoms with Crippen LogP contribution in [0.15, 0.2) is 34.0 Å². The zero-order valence-corrected chi connectivity index (χ0v) is 18.8. The molecule has 2 aromatic rings. The van der Waals surface area contributed by atoms with Crippen molar-refractivity contribution in [2.45, 2.75) is 44.4 Å². The van der Waals surface area contributed by atoms with Crippen LogP contribution in [-0.2, 0) is 9.84 Å². The first-order valence-corrected chi connectivity index (χ1v) is 12.3. The fourth-order valence-electron chi connectivity index (χ4n) is 2.86. The van der Waals surface area contributed by atoms with Crippen LogP contribution in [-0.4, -0.2) is 36.9 Å². The van der Waals surface area contributed by atoms with E-state index in [0.717, 1.165) is 24.0 Å². The van der Waals surface area contributed by atoms with Crippen LogP contribution >= 0.6 is 11.3 Å². The first-order chi connectivity index (χ1) is 13.6. The molecule has 2 rings (SSSR count). The van der Waals surface area contributed by atoms with Gasteiger partial charge in [-0.25, -0.2) is 13.4 Å². The van der Waals surface area contributed by atoms with Crippen molar-refractivity contribution in [1.82, 2.24) is 4.98 Å². The van der Waals surface area contributed by atoms with Crippen molar-refractivity contribution < 1.29 is 13.2 Å². The smallest absolute Gasteiger partial charge is 0.209 e. The minimum absolute atomic E-state index is 0.0290. The molecule has 29 heavy (non-hydrogen) atoms. The van der Waals surface area contributed by atoms with Crippen LogP contribution in [0.4, 0.5) is 0 Å².